The van der Waals surface area contributed by atoms with Crippen molar-refractivity contribution in [3.05, 3.63) is 18.0 Å². The Bertz CT molecular complexity index is 394. The summed E-state index contributed by atoms with van der Waals surface area (Å²) in [4.78, 5) is 0. The van der Waals surface area contributed by atoms with E-state index in [4.69, 9.17) is 0 Å². The van der Waals surface area contributed by atoms with Gasteiger partial charge in [-0.2, -0.15) is 5.10 Å². The van der Waals surface area contributed by atoms with E-state index in [1.807, 2.05) is 10.9 Å². The maximum Gasteiger partial charge on any atom is 0.0771 e. The van der Waals surface area contributed by atoms with Crippen LogP contribution in [0.1, 0.15) is 70.5 Å². The van der Waals surface area contributed by atoms with Crippen molar-refractivity contribution < 1.29 is 5.11 Å². The molecule has 0 saturated heterocycles. The Balaban J connectivity index is 1.78. The van der Waals surface area contributed by atoms with E-state index >= 15 is 0 Å². The molecule has 1 unspecified atom stereocenters. The van der Waals surface area contributed by atoms with Crippen molar-refractivity contribution in [2.75, 3.05) is 6.54 Å². The molecule has 1 aromatic rings. The fraction of sp³-hybridized carbons (Fsp3) is 0.812. The molecule has 0 bridgehead atoms. The van der Waals surface area contributed by atoms with Gasteiger partial charge in [-0.15, -0.1) is 0 Å². The van der Waals surface area contributed by atoms with Gasteiger partial charge in [0, 0.05) is 25.3 Å². The van der Waals surface area contributed by atoms with Crippen LogP contribution in [0.3, 0.4) is 0 Å². The van der Waals surface area contributed by atoms with Crippen molar-refractivity contribution in [3.63, 3.8) is 0 Å². The van der Waals surface area contributed by atoms with Crippen molar-refractivity contribution in [2.45, 2.75) is 77.0 Å². The summed E-state index contributed by atoms with van der Waals surface area (Å²) < 4.78 is 2.03. The van der Waals surface area contributed by atoms with Crippen molar-refractivity contribution >= 4 is 0 Å². The molecule has 1 aliphatic carbocycles. The Morgan fingerprint density at radius 3 is 2.70 bits per heavy atom. The normalized spacial score (nSPS) is 20.6. The van der Waals surface area contributed by atoms with Gasteiger partial charge in [-0.1, -0.05) is 32.6 Å². The van der Waals surface area contributed by atoms with E-state index in [0.717, 1.165) is 44.3 Å². The van der Waals surface area contributed by atoms with E-state index in [1.165, 1.54) is 12.8 Å². The maximum atomic E-state index is 10.6. The highest BCUT2D eigenvalue weighted by Gasteiger charge is 2.27. The fourth-order valence-corrected chi connectivity index (χ4v) is 2.89. The standard InChI is InChI=1S/C16H29N3O/c1-3-14(2)19-11-8-15(18-19)12-17-13-16(20)9-6-4-5-7-10-16/h8,11,14,17,20H,3-7,9-10,12-13H2,1-2H3. The Morgan fingerprint density at radius 2 is 2.05 bits per heavy atom. The molecule has 4 nitrogen and oxygen atoms in total. The number of hydrogen-bond acceptors (Lipinski definition) is 3. The molecule has 2 N–H and O–H groups in total. The monoisotopic (exact) mass is 279 g/mol. The summed E-state index contributed by atoms with van der Waals surface area (Å²) >= 11 is 0. The molecule has 4 heteroatoms. The zero-order valence-corrected chi connectivity index (χ0v) is 12.9. The molecule has 114 valence electrons. The van der Waals surface area contributed by atoms with Crippen LogP contribution in [0.25, 0.3) is 0 Å². The third-order valence-corrected chi connectivity index (χ3v) is 4.50. The highest BCUT2D eigenvalue weighted by molar-refractivity contribution is 4.99. The summed E-state index contributed by atoms with van der Waals surface area (Å²) in [5.41, 5.74) is 0.554. The average Bonchev–Trinajstić information content (AvgIpc) is 2.80. The van der Waals surface area contributed by atoms with Gasteiger partial charge < -0.3 is 10.4 Å². The van der Waals surface area contributed by atoms with Crippen LogP contribution < -0.4 is 5.32 Å². The Morgan fingerprint density at radius 1 is 1.35 bits per heavy atom. The first-order valence-corrected chi connectivity index (χ1v) is 8.10. The number of aromatic nitrogens is 2. The van der Waals surface area contributed by atoms with Gasteiger partial charge in [-0.05, 0) is 32.3 Å². The van der Waals surface area contributed by atoms with Gasteiger partial charge in [-0.25, -0.2) is 0 Å². The predicted molar refractivity (Wildman–Crippen MR) is 81.6 cm³/mol. The van der Waals surface area contributed by atoms with E-state index in [1.54, 1.807) is 0 Å². The molecule has 1 atom stereocenters. The number of nitrogens with zero attached hydrogens (tertiary/aromatic N) is 2. The van der Waals surface area contributed by atoms with Crippen molar-refractivity contribution in [1.29, 1.82) is 0 Å². The average molecular weight is 279 g/mol. The van der Waals surface area contributed by atoms with Gasteiger partial charge in [0.05, 0.1) is 11.3 Å². The van der Waals surface area contributed by atoms with Gasteiger partial charge in [0.1, 0.15) is 0 Å². The summed E-state index contributed by atoms with van der Waals surface area (Å²) in [5, 5.41) is 18.5. The zero-order chi connectivity index (χ0) is 14.4. The molecule has 20 heavy (non-hydrogen) atoms. The minimum atomic E-state index is -0.504. The zero-order valence-electron chi connectivity index (χ0n) is 12.9. The van der Waals surface area contributed by atoms with Crippen molar-refractivity contribution in [2.24, 2.45) is 0 Å². The quantitative estimate of drug-likeness (QED) is 0.787. The fourth-order valence-electron chi connectivity index (χ4n) is 2.89. The molecule has 0 aromatic carbocycles. The van der Waals surface area contributed by atoms with Crippen LogP contribution in [-0.2, 0) is 6.54 Å². The lowest BCUT2D eigenvalue weighted by Crippen LogP contribution is -2.40. The summed E-state index contributed by atoms with van der Waals surface area (Å²) in [6, 6.07) is 2.52. The number of hydrogen-bond donors (Lipinski definition) is 2. The molecular weight excluding hydrogens is 250 g/mol. The van der Waals surface area contributed by atoms with E-state index < -0.39 is 5.60 Å². The van der Waals surface area contributed by atoms with Crippen LogP contribution in [0.5, 0.6) is 0 Å². The van der Waals surface area contributed by atoms with E-state index in [0.29, 0.717) is 12.6 Å². The molecule has 0 spiro atoms. The molecule has 0 amide bonds. The van der Waals surface area contributed by atoms with Gasteiger partial charge in [-0.3, -0.25) is 4.68 Å². The highest BCUT2D eigenvalue weighted by Crippen LogP contribution is 2.26. The number of nitrogens with one attached hydrogen (secondary N) is 1. The summed E-state index contributed by atoms with van der Waals surface area (Å²) in [6.45, 7) is 5.78. The van der Waals surface area contributed by atoms with Crippen LogP contribution in [0.2, 0.25) is 0 Å². The van der Waals surface area contributed by atoms with Gasteiger partial charge >= 0.3 is 0 Å². The molecular formula is C16H29N3O. The van der Waals surface area contributed by atoms with Crippen LogP contribution in [-0.4, -0.2) is 27.0 Å². The lowest BCUT2D eigenvalue weighted by Gasteiger charge is -2.26. The molecule has 1 aromatic heterocycles. The molecule has 1 aliphatic rings. The Labute approximate surface area is 122 Å². The SMILES string of the molecule is CCC(C)n1ccc(CNCC2(O)CCCCCC2)n1. The van der Waals surface area contributed by atoms with Crippen molar-refractivity contribution in [3.8, 4) is 0 Å². The lowest BCUT2D eigenvalue weighted by atomic mass is 9.94. The molecule has 2 rings (SSSR count). The van der Waals surface area contributed by atoms with Gasteiger partial charge in [0.25, 0.3) is 0 Å². The van der Waals surface area contributed by atoms with E-state index in [2.05, 4.69) is 30.3 Å². The van der Waals surface area contributed by atoms with Crippen LogP contribution in [0, 0.1) is 0 Å². The third kappa shape index (κ3) is 4.32. The number of aliphatic hydroxyl groups is 1. The Kier molecular flexibility index (Phi) is 5.61. The van der Waals surface area contributed by atoms with E-state index in [-0.39, 0.29) is 0 Å². The van der Waals surface area contributed by atoms with Crippen molar-refractivity contribution in [1.82, 2.24) is 15.1 Å². The molecule has 1 fully saturated rings. The maximum absolute atomic E-state index is 10.6. The second-order valence-corrected chi connectivity index (χ2v) is 6.29. The number of rotatable bonds is 6. The summed E-state index contributed by atoms with van der Waals surface area (Å²) in [7, 11) is 0. The van der Waals surface area contributed by atoms with E-state index in [9.17, 15) is 5.11 Å². The van der Waals surface area contributed by atoms with Crippen LogP contribution in [0.4, 0.5) is 0 Å². The first kappa shape index (κ1) is 15.5. The first-order chi connectivity index (χ1) is 9.63. The van der Waals surface area contributed by atoms with Crippen LogP contribution >= 0.6 is 0 Å². The minimum absolute atomic E-state index is 0.454. The highest BCUT2D eigenvalue weighted by atomic mass is 16.3. The second kappa shape index (κ2) is 7.23. The Hall–Kier alpha value is -0.870. The lowest BCUT2D eigenvalue weighted by molar-refractivity contribution is 0.0249. The van der Waals surface area contributed by atoms with Gasteiger partial charge in [0.2, 0.25) is 0 Å². The molecule has 0 radical (unpaired) electrons. The largest absolute Gasteiger partial charge is 0.389 e. The summed E-state index contributed by atoms with van der Waals surface area (Å²) in [5.74, 6) is 0. The molecule has 1 saturated carbocycles. The second-order valence-electron chi connectivity index (χ2n) is 6.29. The smallest absolute Gasteiger partial charge is 0.0771 e. The molecule has 1 heterocycles. The first-order valence-electron chi connectivity index (χ1n) is 8.10. The minimum Gasteiger partial charge on any atom is -0.389 e. The molecule has 0 aliphatic heterocycles. The van der Waals surface area contributed by atoms with Crippen LogP contribution in [0.15, 0.2) is 12.3 Å². The third-order valence-electron chi connectivity index (χ3n) is 4.50. The summed E-state index contributed by atoms with van der Waals surface area (Å²) in [6.07, 6.45) is 9.84. The predicted octanol–water partition coefficient (Wildman–Crippen LogP) is 3.03. The van der Waals surface area contributed by atoms with Gasteiger partial charge in [0.15, 0.2) is 0 Å². The topological polar surface area (TPSA) is 50.1 Å².